The third-order valence-electron chi connectivity index (χ3n) is 3.19. The lowest BCUT2D eigenvalue weighted by molar-refractivity contribution is -0.123. The van der Waals surface area contributed by atoms with Crippen molar-refractivity contribution in [2.75, 3.05) is 6.61 Å². The molecule has 1 amide bonds. The zero-order valence-electron chi connectivity index (χ0n) is 12.2. The molecule has 0 heterocycles. The fourth-order valence-corrected chi connectivity index (χ4v) is 2.30. The Morgan fingerprint density at radius 2 is 1.95 bits per heavy atom. The van der Waals surface area contributed by atoms with E-state index in [4.69, 9.17) is 4.74 Å². The van der Waals surface area contributed by atoms with Gasteiger partial charge in [0.1, 0.15) is 11.6 Å². The Morgan fingerprint density at radius 1 is 1.23 bits per heavy atom. The number of carbonyl (C=O) groups is 1. The molecule has 3 nitrogen and oxygen atoms in total. The number of halogens is 2. The van der Waals surface area contributed by atoms with E-state index in [2.05, 4.69) is 28.2 Å². The molecule has 0 saturated carbocycles. The van der Waals surface area contributed by atoms with Crippen molar-refractivity contribution >= 4 is 21.8 Å². The number of aryl methyl sites for hydroxylation is 1. The second kappa shape index (κ2) is 7.94. The first-order chi connectivity index (χ1) is 10.6. The summed E-state index contributed by atoms with van der Waals surface area (Å²) in [4.78, 5) is 11.7. The van der Waals surface area contributed by atoms with Gasteiger partial charge in [-0.15, -0.1) is 0 Å². The van der Waals surface area contributed by atoms with E-state index in [1.807, 2.05) is 24.3 Å². The molecule has 0 fully saturated rings. The Kier molecular flexibility index (Phi) is 5.95. The minimum Gasteiger partial charge on any atom is -0.484 e. The van der Waals surface area contributed by atoms with E-state index in [1.54, 1.807) is 12.1 Å². The van der Waals surface area contributed by atoms with Gasteiger partial charge in [-0.05, 0) is 42.3 Å². The number of rotatable bonds is 6. The molecule has 0 aliphatic heterocycles. The second-order valence-electron chi connectivity index (χ2n) is 4.80. The SMILES string of the molecule is CCc1ccc(OCC(=O)NCc2cc(Br)ccc2F)cc1. The van der Waals surface area contributed by atoms with Crippen LogP contribution < -0.4 is 10.1 Å². The molecule has 0 aliphatic carbocycles. The lowest BCUT2D eigenvalue weighted by Gasteiger charge is -2.09. The number of benzene rings is 2. The van der Waals surface area contributed by atoms with Crippen molar-refractivity contribution in [1.82, 2.24) is 5.32 Å². The van der Waals surface area contributed by atoms with Gasteiger partial charge in [0, 0.05) is 16.6 Å². The van der Waals surface area contributed by atoms with Gasteiger partial charge in [0.2, 0.25) is 0 Å². The summed E-state index contributed by atoms with van der Waals surface area (Å²) in [7, 11) is 0. The molecule has 5 heteroatoms. The van der Waals surface area contributed by atoms with Crippen molar-refractivity contribution in [3.63, 3.8) is 0 Å². The highest BCUT2D eigenvalue weighted by Gasteiger charge is 2.06. The summed E-state index contributed by atoms with van der Waals surface area (Å²) in [5.41, 5.74) is 1.64. The van der Waals surface area contributed by atoms with Crippen LogP contribution in [0.5, 0.6) is 5.75 Å². The third kappa shape index (κ3) is 4.84. The van der Waals surface area contributed by atoms with Crippen LogP contribution in [0.4, 0.5) is 4.39 Å². The molecule has 0 aliphatic rings. The van der Waals surface area contributed by atoms with Gasteiger partial charge in [0.15, 0.2) is 6.61 Å². The predicted octanol–water partition coefficient (Wildman–Crippen LogP) is 3.85. The molecule has 1 N–H and O–H groups in total. The maximum absolute atomic E-state index is 13.5. The molecule has 0 spiro atoms. The lowest BCUT2D eigenvalue weighted by atomic mass is 10.2. The molecular weight excluding hydrogens is 349 g/mol. The van der Waals surface area contributed by atoms with Gasteiger partial charge < -0.3 is 10.1 Å². The zero-order valence-corrected chi connectivity index (χ0v) is 13.8. The maximum Gasteiger partial charge on any atom is 0.258 e. The summed E-state index contributed by atoms with van der Waals surface area (Å²) in [5, 5.41) is 2.64. The number of hydrogen-bond acceptors (Lipinski definition) is 2. The quantitative estimate of drug-likeness (QED) is 0.844. The van der Waals surface area contributed by atoms with Crippen LogP contribution in [-0.2, 0) is 17.8 Å². The molecule has 116 valence electrons. The van der Waals surface area contributed by atoms with Crippen molar-refractivity contribution < 1.29 is 13.9 Å². The van der Waals surface area contributed by atoms with E-state index < -0.39 is 0 Å². The van der Waals surface area contributed by atoms with Gasteiger partial charge in [-0.25, -0.2) is 4.39 Å². The summed E-state index contributed by atoms with van der Waals surface area (Å²) in [6.07, 6.45) is 0.957. The lowest BCUT2D eigenvalue weighted by Crippen LogP contribution is -2.28. The summed E-state index contributed by atoms with van der Waals surface area (Å²) in [5.74, 6) is -0.000461. The van der Waals surface area contributed by atoms with E-state index >= 15 is 0 Å². The molecule has 0 saturated heterocycles. The van der Waals surface area contributed by atoms with Gasteiger partial charge >= 0.3 is 0 Å². The van der Waals surface area contributed by atoms with Gasteiger partial charge in [-0.1, -0.05) is 35.0 Å². The molecule has 2 aromatic carbocycles. The van der Waals surface area contributed by atoms with Crippen molar-refractivity contribution in [1.29, 1.82) is 0 Å². The van der Waals surface area contributed by atoms with Gasteiger partial charge in [-0.3, -0.25) is 4.79 Å². The van der Waals surface area contributed by atoms with Gasteiger partial charge in [-0.2, -0.15) is 0 Å². The van der Waals surface area contributed by atoms with Crippen LogP contribution in [0.15, 0.2) is 46.9 Å². The Bertz CT molecular complexity index is 644. The van der Waals surface area contributed by atoms with Crippen LogP contribution in [0.25, 0.3) is 0 Å². The average molecular weight is 366 g/mol. The monoisotopic (exact) mass is 365 g/mol. The minimum absolute atomic E-state index is 0.0961. The highest BCUT2D eigenvalue weighted by atomic mass is 79.9. The van der Waals surface area contributed by atoms with Crippen molar-refractivity contribution in [3.8, 4) is 5.75 Å². The Morgan fingerprint density at radius 3 is 2.64 bits per heavy atom. The molecule has 0 atom stereocenters. The van der Waals surface area contributed by atoms with Crippen LogP contribution in [0, 0.1) is 5.82 Å². The number of ether oxygens (including phenoxy) is 1. The summed E-state index contributed by atoms with van der Waals surface area (Å²) < 4.78 is 19.7. The van der Waals surface area contributed by atoms with E-state index in [-0.39, 0.29) is 24.9 Å². The van der Waals surface area contributed by atoms with E-state index in [9.17, 15) is 9.18 Å². The fraction of sp³-hybridized carbons (Fsp3) is 0.235. The van der Waals surface area contributed by atoms with Gasteiger partial charge in [0.25, 0.3) is 5.91 Å². The molecule has 0 radical (unpaired) electrons. The number of hydrogen-bond donors (Lipinski definition) is 1. The molecule has 0 aromatic heterocycles. The van der Waals surface area contributed by atoms with Crippen LogP contribution in [0.2, 0.25) is 0 Å². The average Bonchev–Trinajstić information content (AvgIpc) is 2.54. The topological polar surface area (TPSA) is 38.3 Å². The van der Waals surface area contributed by atoms with Crippen LogP contribution in [0.1, 0.15) is 18.1 Å². The summed E-state index contributed by atoms with van der Waals surface area (Å²) in [6.45, 7) is 2.10. The smallest absolute Gasteiger partial charge is 0.258 e. The molecular formula is C17H17BrFNO2. The Balaban J connectivity index is 1.81. The predicted molar refractivity (Wildman–Crippen MR) is 87.3 cm³/mol. The molecule has 0 bridgehead atoms. The Labute approximate surface area is 137 Å². The highest BCUT2D eigenvalue weighted by molar-refractivity contribution is 9.10. The molecule has 0 unspecified atom stereocenters. The highest BCUT2D eigenvalue weighted by Crippen LogP contribution is 2.15. The van der Waals surface area contributed by atoms with Crippen LogP contribution >= 0.6 is 15.9 Å². The van der Waals surface area contributed by atoms with E-state index in [1.165, 1.54) is 11.6 Å². The fourth-order valence-electron chi connectivity index (χ4n) is 1.89. The number of nitrogens with one attached hydrogen (secondary N) is 1. The van der Waals surface area contributed by atoms with Crippen molar-refractivity contribution in [2.24, 2.45) is 0 Å². The largest absolute Gasteiger partial charge is 0.484 e. The van der Waals surface area contributed by atoms with Crippen molar-refractivity contribution in [2.45, 2.75) is 19.9 Å². The zero-order chi connectivity index (χ0) is 15.9. The first-order valence-corrected chi connectivity index (χ1v) is 7.80. The van der Waals surface area contributed by atoms with Crippen molar-refractivity contribution in [3.05, 3.63) is 63.9 Å². The first-order valence-electron chi connectivity index (χ1n) is 7.01. The van der Waals surface area contributed by atoms with Gasteiger partial charge in [0.05, 0.1) is 0 Å². The second-order valence-corrected chi connectivity index (χ2v) is 5.71. The Hall–Kier alpha value is -1.88. The number of amides is 1. The molecule has 22 heavy (non-hydrogen) atoms. The summed E-state index contributed by atoms with van der Waals surface area (Å²) >= 11 is 3.27. The van der Waals surface area contributed by atoms with E-state index in [0.29, 0.717) is 11.3 Å². The van der Waals surface area contributed by atoms with Crippen LogP contribution in [0.3, 0.4) is 0 Å². The minimum atomic E-state index is -0.348. The first kappa shape index (κ1) is 16.5. The maximum atomic E-state index is 13.5. The summed E-state index contributed by atoms with van der Waals surface area (Å²) in [6, 6.07) is 12.2. The number of carbonyl (C=O) groups excluding carboxylic acids is 1. The third-order valence-corrected chi connectivity index (χ3v) is 3.68. The standard InChI is InChI=1S/C17H17BrFNO2/c1-2-12-3-6-15(7-4-12)22-11-17(21)20-10-13-9-14(18)5-8-16(13)19/h3-9H,2,10-11H2,1H3,(H,20,21). The van der Waals surface area contributed by atoms with E-state index in [0.717, 1.165) is 10.9 Å². The normalized spacial score (nSPS) is 10.3. The van der Waals surface area contributed by atoms with Crippen LogP contribution in [-0.4, -0.2) is 12.5 Å². The molecule has 2 aromatic rings. The molecule has 2 rings (SSSR count).